The first-order valence-electron chi connectivity index (χ1n) is 13.6. The summed E-state index contributed by atoms with van der Waals surface area (Å²) in [5, 5.41) is 0. The molecule has 202 valence electrons. The van der Waals surface area contributed by atoms with Crippen LogP contribution in [0.2, 0.25) is 0 Å². The Morgan fingerprint density at radius 3 is 1.94 bits per heavy atom. The first-order valence-corrected chi connectivity index (χ1v) is 13.6. The van der Waals surface area contributed by atoms with E-state index < -0.39 is 36.1 Å². The lowest BCUT2D eigenvalue weighted by Crippen LogP contribution is -2.50. The first kappa shape index (κ1) is 26.4. The van der Waals surface area contributed by atoms with Crippen molar-refractivity contribution in [3.05, 3.63) is 34.9 Å². The highest BCUT2D eigenvalue weighted by Gasteiger charge is 2.52. The molecule has 4 aliphatic rings. The molecular formula is C28H38F4O4. The zero-order chi connectivity index (χ0) is 25.4. The van der Waals surface area contributed by atoms with Crippen LogP contribution in [0.1, 0.15) is 75.3 Å². The van der Waals surface area contributed by atoms with Gasteiger partial charge >= 0.3 is 6.11 Å². The van der Waals surface area contributed by atoms with Crippen LogP contribution in [0.25, 0.3) is 0 Å². The SMILES string of the molecule is Cc1c(F)cc(C2CCC(C3CCC(C4CCC(C5OCC(C)CO5)OC4)C(F)(F)O3)CC2)cc1F. The molecule has 5 rings (SSSR count). The van der Waals surface area contributed by atoms with Crippen molar-refractivity contribution in [1.29, 1.82) is 0 Å². The highest BCUT2D eigenvalue weighted by molar-refractivity contribution is 5.28. The van der Waals surface area contributed by atoms with Crippen molar-refractivity contribution >= 4 is 0 Å². The maximum atomic E-state index is 15.2. The molecule has 0 bridgehead atoms. The van der Waals surface area contributed by atoms with Crippen molar-refractivity contribution in [1.82, 2.24) is 0 Å². The monoisotopic (exact) mass is 514 g/mol. The van der Waals surface area contributed by atoms with E-state index in [1.165, 1.54) is 19.1 Å². The zero-order valence-electron chi connectivity index (χ0n) is 21.2. The summed E-state index contributed by atoms with van der Waals surface area (Å²) in [5.41, 5.74) is 0.696. The molecule has 0 amide bonds. The van der Waals surface area contributed by atoms with Gasteiger partial charge in [0.2, 0.25) is 0 Å². The van der Waals surface area contributed by atoms with E-state index in [1.807, 2.05) is 0 Å². The fraction of sp³-hybridized carbons (Fsp3) is 0.786. The number of hydrogen-bond acceptors (Lipinski definition) is 4. The maximum absolute atomic E-state index is 15.2. The van der Waals surface area contributed by atoms with E-state index in [4.69, 9.17) is 18.9 Å². The fourth-order valence-electron chi connectivity index (χ4n) is 6.58. The summed E-state index contributed by atoms with van der Waals surface area (Å²) in [4.78, 5) is 0. The van der Waals surface area contributed by atoms with E-state index in [1.54, 1.807) is 0 Å². The molecule has 0 aromatic heterocycles. The van der Waals surface area contributed by atoms with Crippen molar-refractivity contribution in [3.8, 4) is 0 Å². The number of benzene rings is 1. The minimum Gasteiger partial charge on any atom is -0.373 e. The van der Waals surface area contributed by atoms with E-state index in [-0.39, 0.29) is 36.0 Å². The van der Waals surface area contributed by atoms with Gasteiger partial charge < -0.3 is 18.9 Å². The van der Waals surface area contributed by atoms with E-state index in [0.717, 1.165) is 25.7 Å². The second-order valence-corrected chi connectivity index (χ2v) is 11.5. The lowest BCUT2D eigenvalue weighted by atomic mass is 9.73. The third kappa shape index (κ3) is 5.62. The zero-order valence-corrected chi connectivity index (χ0v) is 21.2. The van der Waals surface area contributed by atoms with Gasteiger partial charge in [-0.25, -0.2) is 8.78 Å². The lowest BCUT2D eigenvalue weighted by Gasteiger charge is -2.45. The van der Waals surface area contributed by atoms with Crippen LogP contribution in [0.4, 0.5) is 17.6 Å². The second-order valence-electron chi connectivity index (χ2n) is 11.5. The Bertz CT molecular complexity index is 865. The van der Waals surface area contributed by atoms with Gasteiger partial charge in [0.15, 0.2) is 6.29 Å². The van der Waals surface area contributed by atoms with Crippen LogP contribution in [0, 0.1) is 42.2 Å². The molecule has 36 heavy (non-hydrogen) atoms. The van der Waals surface area contributed by atoms with Gasteiger partial charge in [0.1, 0.15) is 17.7 Å². The largest absolute Gasteiger partial charge is 0.373 e. The lowest BCUT2D eigenvalue weighted by molar-refractivity contribution is -0.337. The van der Waals surface area contributed by atoms with E-state index >= 15 is 8.78 Å². The molecule has 0 radical (unpaired) electrons. The third-order valence-electron chi connectivity index (χ3n) is 8.88. The van der Waals surface area contributed by atoms with Crippen LogP contribution in [0.5, 0.6) is 0 Å². The first-order chi connectivity index (χ1) is 17.2. The molecule has 0 spiro atoms. The Balaban J connectivity index is 1.11. The van der Waals surface area contributed by atoms with Crippen molar-refractivity contribution in [2.24, 2.45) is 23.7 Å². The standard InChI is InChI=1S/C28H38F4O4/c1-16-13-34-27(35-14-16)26-9-7-20(15-33-26)22-8-10-25(36-28(22,31)32)19-5-3-18(4-6-19)21-11-23(29)17(2)24(30)12-21/h11-12,16,18-20,22,25-27H,3-10,13-15H2,1-2H3. The number of halogens is 4. The fourth-order valence-corrected chi connectivity index (χ4v) is 6.58. The van der Waals surface area contributed by atoms with Crippen LogP contribution >= 0.6 is 0 Å². The van der Waals surface area contributed by atoms with Crippen molar-refractivity contribution in [3.63, 3.8) is 0 Å². The summed E-state index contributed by atoms with van der Waals surface area (Å²) in [6.07, 6.45) is 0.938. The van der Waals surface area contributed by atoms with Crippen molar-refractivity contribution < 1.29 is 36.5 Å². The van der Waals surface area contributed by atoms with E-state index in [9.17, 15) is 8.78 Å². The molecule has 4 nitrogen and oxygen atoms in total. The summed E-state index contributed by atoms with van der Waals surface area (Å²) in [5.74, 6) is -1.70. The summed E-state index contributed by atoms with van der Waals surface area (Å²) in [6, 6.07) is 2.84. The topological polar surface area (TPSA) is 36.9 Å². The van der Waals surface area contributed by atoms with Gasteiger partial charge in [-0.3, -0.25) is 0 Å². The molecule has 8 heteroatoms. The van der Waals surface area contributed by atoms with Crippen LogP contribution in [0.3, 0.4) is 0 Å². The highest BCUT2D eigenvalue weighted by Crippen LogP contribution is 2.48. The Hall–Kier alpha value is -1.22. The van der Waals surface area contributed by atoms with Gasteiger partial charge in [-0.15, -0.1) is 0 Å². The summed E-state index contributed by atoms with van der Waals surface area (Å²) in [6.45, 7) is 5.02. The number of alkyl halides is 2. The average Bonchev–Trinajstić information content (AvgIpc) is 2.87. The van der Waals surface area contributed by atoms with Crippen molar-refractivity contribution in [2.75, 3.05) is 19.8 Å². The van der Waals surface area contributed by atoms with Crippen LogP contribution in [-0.2, 0) is 18.9 Å². The average molecular weight is 515 g/mol. The van der Waals surface area contributed by atoms with Crippen LogP contribution in [-0.4, -0.2) is 44.4 Å². The van der Waals surface area contributed by atoms with Gasteiger partial charge in [-0.1, -0.05) is 6.92 Å². The van der Waals surface area contributed by atoms with Gasteiger partial charge in [0.25, 0.3) is 0 Å². The molecule has 1 aromatic rings. The molecule has 1 aliphatic carbocycles. The second kappa shape index (κ2) is 10.9. The summed E-state index contributed by atoms with van der Waals surface area (Å²) >= 11 is 0. The molecule has 4 unspecified atom stereocenters. The Kier molecular flexibility index (Phi) is 7.97. The predicted molar refractivity (Wildman–Crippen MR) is 126 cm³/mol. The molecule has 3 saturated heterocycles. The normalized spacial score (nSPS) is 39.6. The molecule has 1 saturated carbocycles. The van der Waals surface area contributed by atoms with Crippen LogP contribution < -0.4 is 0 Å². The number of ether oxygens (including phenoxy) is 4. The predicted octanol–water partition coefficient (Wildman–Crippen LogP) is 6.74. The summed E-state index contributed by atoms with van der Waals surface area (Å²) < 4.78 is 81.3. The number of rotatable bonds is 4. The third-order valence-corrected chi connectivity index (χ3v) is 8.88. The molecule has 4 atom stereocenters. The van der Waals surface area contributed by atoms with Gasteiger partial charge in [-0.05, 0) is 93.7 Å². The summed E-state index contributed by atoms with van der Waals surface area (Å²) in [7, 11) is 0. The van der Waals surface area contributed by atoms with E-state index in [2.05, 4.69) is 6.92 Å². The van der Waals surface area contributed by atoms with Crippen molar-refractivity contribution in [2.45, 2.75) is 95.7 Å². The molecule has 4 fully saturated rings. The Morgan fingerprint density at radius 2 is 1.36 bits per heavy atom. The van der Waals surface area contributed by atoms with E-state index in [0.29, 0.717) is 50.4 Å². The number of hydrogen-bond donors (Lipinski definition) is 0. The van der Waals surface area contributed by atoms with Gasteiger partial charge in [0.05, 0.1) is 31.8 Å². The Labute approximate surface area is 211 Å². The maximum Gasteiger partial charge on any atom is 0.359 e. The highest BCUT2D eigenvalue weighted by atomic mass is 19.3. The molecule has 3 heterocycles. The van der Waals surface area contributed by atoms with Gasteiger partial charge in [-0.2, -0.15) is 8.78 Å². The molecular weight excluding hydrogens is 476 g/mol. The van der Waals surface area contributed by atoms with Gasteiger partial charge in [0, 0.05) is 11.5 Å². The Morgan fingerprint density at radius 1 is 0.750 bits per heavy atom. The van der Waals surface area contributed by atoms with Crippen LogP contribution in [0.15, 0.2) is 12.1 Å². The molecule has 0 N–H and O–H groups in total. The molecule has 3 aliphatic heterocycles. The smallest absolute Gasteiger partial charge is 0.359 e. The quantitative estimate of drug-likeness (QED) is 0.417. The minimum atomic E-state index is -3.18. The minimum absolute atomic E-state index is 0.0315. The molecule has 1 aromatic carbocycles.